The summed E-state index contributed by atoms with van der Waals surface area (Å²) in [6, 6.07) is 7.21. The standard InChI is InChI=1S/C17H29ClN4O3S.HI/c1-4-19-17(20-11-6-12-22-26(23,24)5-2)21-13-14(3)25-16-9-7-15(18)8-10-16;/h7-10,14,22H,4-6,11-13H2,1-3H3,(H2,19,20,21);1H. The van der Waals surface area contributed by atoms with Crippen LogP contribution in [0.2, 0.25) is 5.02 Å². The van der Waals surface area contributed by atoms with Gasteiger partial charge in [0, 0.05) is 24.7 Å². The predicted octanol–water partition coefficient (Wildman–Crippen LogP) is 2.61. The summed E-state index contributed by atoms with van der Waals surface area (Å²) in [6.45, 7) is 7.79. The highest BCUT2D eigenvalue weighted by Gasteiger charge is 2.06. The Morgan fingerprint density at radius 3 is 2.44 bits per heavy atom. The molecule has 0 aliphatic heterocycles. The molecule has 0 heterocycles. The van der Waals surface area contributed by atoms with Gasteiger partial charge < -0.3 is 15.4 Å². The minimum Gasteiger partial charge on any atom is -0.489 e. The van der Waals surface area contributed by atoms with E-state index in [1.54, 1.807) is 19.1 Å². The van der Waals surface area contributed by atoms with Crippen molar-refractivity contribution in [3.8, 4) is 5.75 Å². The van der Waals surface area contributed by atoms with E-state index in [0.717, 1.165) is 12.3 Å². The lowest BCUT2D eigenvalue weighted by Crippen LogP contribution is -2.39. The Kier molecular flexibility index (Phi) is 13.8. The minimum atomic E-state index is -3.13. The van der Waals surface area contributed by atoms with E-state index in [4.69, 9.17) is 16.3 Å². The van der Waals surface area contributed by atoms with Crippen LogP contribution in [0.1, 0.15) is 27.2 Å². The molecule has 0 amide bonds. The zero-order valence-corrected chi connectivity index (χ0v) is 19.9. The molecule has 0 spiro atoms. The number of rotatable bonds is 11. The van der Waals surface area contributed by atoms with Crippen molar-refractivity contribution in [2.45, 2.75) is 33.3 Å². The third-order valence-electron chi connectivity index (χ3n) is 3.35. The molecule has 0 fully saturated rings. The quantitative estimate of drug-likeness (QED) is 0.176. The lowest BCUT2D eigenvalue weighted by molar-refractivity contribution is 0.230. The van der Waals surface area contributed by atoms with E-state index in [9.17, 15) is 8.42 Å². The molecule has 0 aliphatic rings. The van der Waals surface area contributed by atoms with Gasteiger partial charge in [-0.05, 0) is 51.5 Å². The van der Waals surface area contributed by atoms with Crippen molar-refractivity contribution in [2.75, 3.05) is 31.9 Å². The number of hydrogen-bond acceptors (Lipinski definition) is 4. The van der Waals surface area contributed by atoms with Gasteiger partial charge in [-0.1, -0.05) is 11.6 Å². The van der Waals surface area contributed by atoms with Crippen LogP contribution in [0.15, 0.2) is 29.3 Å². The van der Waals surface area contributed by atoms with Gasteiger partial charge in [-0.2, -0.15) is 0 Å². The molecule has 1 rings (SSSR count). The highest BCUT2D eigenvalue weighted by atomic mass is 127. The molecule has 0 saturated carbocycles. The van der Waals surface area contributed by atoms with Gasteiger partial charge in [-0.25, -0.2) is 18.1 Å². The maximum atomic E-state index is 11.4. The average Bonchev–Trinajstić information content (AvgIpc) is 2.61. The molecule has 1 unspecified atom stereocenters. The summed E-state index contributed by atoms with van der Waals surface area (Å²) in [5.74, 6) is 1.52. The predicted molar refractivity (Wildman–Crippen MR) is 123 cm³/mol. The fourth-order valence-corrected chi connectivity index (χ4v) is 2.75. The Bertz CT molecular complexity index is 657. The molecule has 1 atom stereocenters. The number of nitrogens with zero attached hydrogens (tertiary/aromatic N) is 1. The molecule has 1 aromatic rings. The van der Waals surface area contributed by atoms with E-state index >= 15 is 0 Å². The molecule has 1 aromatic carbocycles. The van der Waals surface area contributed by atoms with Gasteiger partial charge >= 0.3 is 0 Å². The number of hydrogen-bond donors (Lipinski definition) is 3. The number of nitrogens with one attached hydrogen (secondary N) is 3. The van der Waals surface area contributed by atoms with E-state index in [-0.39, 0.29) is 35.8 Å². The summed E-state index contributed by atoms with van der Waals surface area (Å²) in [7, 11) is -3.13. The molecule has 0 saturated heterocycles. The van der Waals surface area contributed by atoms with E-state index in [1.165, 1.54) is 0 Å². The molecule has 0 radical (unpaired) electrons. The van der Waals surface area contributed by atoms with Crippen LogP contribution in [0.3, 0.4) is 0 Å². The van der Waals surface area contributed by atoms with Crippen molar-refractivity contribution in [3.05, 3.63) is 29.3 Å². The van der Waals surface area contributed by atoms with Crippen molar-refractivity contribution < 1.29 is 13.2 Å². The normalized spacial score (nSPS) is 12.8. The van der Waals surface area contributed by atoms with Gasteiger partial charge in [0.15, 0.2) is 5.96 Å². The Morgan fingerprint density at radius 2 is 1.85 bits per heavy atom. The van der Waals surface area contributed by atoms with E-state index in [0.29, 0.717) is 37.0 Å². The van der Waals surface area contributed by atoms with Crippen LogP contribution < -0.4 is 20.1 Å². The van der Waals surface area contributed by atoms with Crippen LogP contribution in [0, 0.1) is 0 Å². The highest BCUT2D eigenvalue weighted by molar-refractivity contribution is 14.0. The molecule has 27 heavy (non-hydrogen) atoms. The van der Waals surface area contributed by atoms with Gasteiger partial charge in [0.1, 0.15) is 11.9 Å². The Labute approximate surface area is 184 Å². The first-order valence-electron chi connectivity index (χ1n) is 8.78. The molecule has 156 valence electrons. The molecular formula is C17H30ClIN4O3S. The highest BCUT2D eigenvalue weighted by Crippen LogP contribution is 2.16. The van der Waals surface area contributed by atoms with Gasteiger partial charge in [-0.15, -0.1) is 24.0 Å². The first kappa shape index (κ1) is 26.2. The van der Waals surface area contributed by atoms with Crippen molar-refractivity contribution in [3.63, 3.8) is 0 Å². The second kappa shape index (κ2) is 14.3. The van der Waals surface area contributed by atoms with Crippen LogP contribution in [0.5, 0.6) is 5.75 Å². The Morgan fingerprint density at radius 1 is 1.19 bits per heavy atom. The number of ether oxygens (including phenoxy) is 1. The van der Waals surface area contributed by atoms with Crippen LogP contribution in [0.4, 0.5) is 0 Å². The second-order valence-electron chi connectivity index (χ2n) is 5.68. The lowest BCUT2D eigenvalue weighted by Gasteiger charge is -2.15. The third-order valence-corrected chi connectivity index (χ3v) is 5.01. The van der Waals surface area contributed by atoms with Gasteiger partial charge in [0.2, 0.25) is 10.0 Å². The van der Waals surface area contributed by atoms with E-state index < -0.39 is 10.0 Å². The monoisotopic (exact) mass is 532 g/mol. The molecule has 0 aromatic heterocycles. The fraction of sp³-hybridized carbons (Fsp3) is 0.588. The molecule has 3 N–H and O–H groups in total. The molecule has 0 bridgehead atoms. The lowest BCUT2D eigenvalue weighted by atomic mass is 10.3. The van der Waals surface area contributed by atoms with E-state index in [1.807, 2.05) is 26.0 Å². The summed E-state index contributed by atoms with van der Waals surface area (Å²) in [5.41, 5.74) is 0. The minimum absolute atomic E-state index is 0. The summed E-state index contributed by atoms with van der Waals surface area (Å²) in [5, 5.41) is 7.01. The van der Waals surface area contributed by atoms with Crippen molar-refractivity contribution in [1.82, 2.24) is 15.4 Å². The average molecular weight is 533 g/mol. The van der Waals surface area contributed by atoms with Gasteiger partial charge in [0.05, 0.1) is 12.3 Å². The van der Waals surface area contributed by atoms with Gasteiger partial charge in [-0.3, -0.25) is 0 Å². The number of benzene rings is 1. The largest absolute Gasteiger partial charge is 0.489 e. The Hall–Kier alpha value is -0.780. The maximum absolute atomic E-state index is 11.4. The van der Waals surface area contributed by atoms with Crippen LogP contribution in [-0.4, -0.2) is 52.4 Å². The van der Waals surface area contributed by atoms with Crippen molar-refractivity contribution in [2.24, 2.45) is 4.99 Å². The topological polar surface area (TPSA) is 91.8 Å². The molecule has 0 aliphatic carbocycles. The summed E-state index contributed by atoms with van der Waals surface area (Å²) in [6.07, 6.45) is 0.573. The van der Waals surface area contributed by atoms with Gasteiger partial charge in [0.25, 0.3) is 0 Å². The Balaban J connectivity index is 0.00000676. The molecular weight excluding hydrogens is 503 g/mol. The SMILES string of the molecule is CCNC(=NCC(C)Oc1ccc(Cl)cc1)NCCCNS(=O)(=O)CC.I. The molecule has 10 heteroatoms. The van der Waals surface area contributed by atoms with Crippen LogP contribution >= 0.6 is 35.6 Å². The smallest absolute Gasteiger partial charge is 0.211 e. The van der Waals surface area contributed by atoms with Crippen LogP contribution in [0.25, 0.3) is 0 Å². The fourth-order valence-electron chi connectivity index (χ4n) is 1.97. The van der Waals surface area contributed by atoms with E-state index in [2.05, 4.69) is 20.3 Å². The summed E-state index contributed by atoms with van der Waals surface area (Å²) < 4.78 is 31.0. The number of sulfonamides is 1. The molecule has 7 nitrogen and oxygen atoms in total. The second-order valence-corrected chi connectivity index (χ2v) is 8.21. The van der Waals surface area contributed by atoms with Crippen LogP contribution in [-0.2, 0) is 10.0 Å². The zero-order chi connectivity index (χ0) is 19.4. The summed E-state index contributed by atoms with van der Waals surface area (Å²) in [4.78, 5) is 4.49. The first-order valence-corrected chi connectivity index (χ1v) is 10.8. The first-order chi connectivity index (χ1) is 12.4. The third kappa shape index (κ3) is 12.3. The number of halogens is 2. The maximum Gasteiger partial charge on any atom is 0.211 e. The van der Waals surface area contributed by atoms with Crippen molar-refractivity contribution >= 4 is 51.6 Å². The number of aliphatic imine (C=N–C) groups is 1. The van der Waals surface area contributed by atoms with Crippen molar-refractivity contribution in [1.29, 1.82) is 0 Å². The zero-order valence-electron chi connectivity index (χ0n) is 16.0. The summed E-state index contributed by atoms with van der Waals surface area (Å²) >= 11 is 5.86. The number of guanidine groups is 1.